The third kappa shape index (κ3) is 2.54. The van der Waals surface area contributed by atoms with Crippen LogP contribution in [-0.4, -0.2) is 23.3 Å². The first-order chi connectivity index (χ1) is 10.3. The Labute approximate surface area is 130 Å². The van der Waals surface area contributed by atoms with Gasteiger partial charge in [0.15, 0.2) is 0 Å². The fraction of sp³-hybridized carbons (Fsp3) is 0.333. The molecule has 0 saturated heterocycles. The zero-order valence-electron chi connectivity index (χ0n) is 12.0. The molecule has 3 aromatic heterocycles. The molecule has 0 aliphatic carbocycles. The van der Waals surface area contributed by atoms with Crippen LogP contribution in [0.3, 0.4) is 0 Å². The zero-order chi connectivity index (χ0) is 14.8. The molecule has 0 aliphatic heterocycles. The van der Waals surface area contributed by atoms with Crippen LogP contribution in [-0.2, 0) is 17.7 Å². The fourth-order valence-corrected chi connectivity index (χ4v) is 4.13. The Kier molecular flexibility index (Phi) is 4.19. The topological polar surface area (TPSA) is 44.1 Å². The second-order valence-electron chi connectivity index (χ2n) is 4.64. The van der Waals surface area contributed by atoms with Crippen LogP contribution < -0.4 is 5.56 Å². The van der Waals surface area contributed by atoms with E-state index in [4.69, 9.17) is 4.74 Å². The lowest BCUT2D eigenvalue weighted by atomic mass is 10.2. The molecular formula is C15H16N2O2S2. The number of hydrogen-bond donors (Lipinski definition) is 0. The van der Waals surface area contributed by atoms with Gasteiger partial charge < -0.3 is 4.74 Å². The predicted molar refractivity (Wildman–Crippen MR) is 88.4 cm³/mol. The number of methoxy groups -OCH3 is 1. The lowest BCUT2D eigenvalue weighted by Crippen LogP contribution is -2.26. The van der Waals surface area contributed by atoms with Crippen molar-refractivity contribution in [3.05, 3.63) is 39.1 Å². The summed E-state index contributed by atoms with van der Waals surface area (Å²) in [7, 11) is 1.64. The van der Waals surface area contributed by atoms with Gasteiger partial charge in [-0.25, -0.2) is 4.98 Å². The van der Waals surface area contributed by atoms with Gasteiger partial charge in [0.1, 0.15) is 10.7 Å². The lowest BCUT2D eigenvalue weighted by molar-refractivity contribution is 0.185. The zero-order valence-corrected chi connectivity index (χ0v) is 13.6. The first-order valence-corrected chi connectivity index (χ1v) is 8.56. The molecule has 0 atom stereocenters. The van der Waals surface area contributed by atoms with E-state index in [1.807, 2.05) is 29.8 Å². The molecular weight excluding hydrogens is 304 g/mol. The quantitative estimate of drug-likeness (QED) is 0.724. The van der Waals surface area contributed by atoms with E-state index in [2.05, 4.69) is 4.98 Å². The SMILES string of the molecule is CCc1nc2scc(-c3cccs3)c2c(=O)n1CCOC. The molecule has 110 valence electrons. The first-order valence-electron chi connectivity index (χ1n) is 6.80. The van der Waals surface area contributed by atoms with Crippen molar-refractivity contribution in [2.75, 3.05) is 13.7 Å². The highest BCUT2D eigenvalue weighted by molar-refractivity contribution is 7.18. The van der Waals surface area contributed by atoms with Crippen LogP contribution in [0.5, 0.6) is 0 Å². The number of rotatable bonds is 5. The van der Waals surface area contributed by atoms with Crippen molar-refractivity contribution in [2.45, 2.75) is 19.9 Å². The van der Waals surface area contributed by atoms with Gasteiger partial charge in [0, 0.05) is 29.4 Å². The van der Waals surface area contributed by atoms with E-state index >= 15 is 0 Å². The van der Waals surface area contributed by atoms with Gasteiger partial charge in [-0.05, 0) is 11.4 Å². The van der Waals surface area contributed by atoms with Crippen molar-refractivity contribution in [2.24, 2.45) is 0 Å². The van der Waals surface area contributed by atoms with Gasteiger partial charge >= 0.3 is 0 Å². The number of hydrogen-bond acceptors (Lipinski definition) is 5. The summed E-state index contributed by atoms with van der Waals surface area (Å²) >= 11 is 3.18. The normalized spacial score (nSPS) is 11.3. The molecule has 0 bridgehead atoms. The van der Waals surface area contributed by atoms with Gasteiger partial charge in [0.2, 0.25) is 0 Å². The van der Waals surface area contributed by atoms with E-state index in [-0.39, 0.29) is 5.56 Å². The summed E-state index contributed by atoms with van der Waals surface area (Å²) in [5, 5.41) is 4.79. The molecule has 0 N–H and O–H groups in total. The average Bonchev–Trinajstić information content (AvgIpc) is 3.14. The second-order valence-corrected chi connectivity index (χ2v) is 6.44. The van der Waals surface area contributed by atoms with Crippen molar-refractivity contribution < 1.29 is 4.74 Å². The molecule has 0 radical (unpaired) electrons. The van der Waals surface area contributed by atoms with Crippen LogP contribution in [0.15, 0.2) is 27.7 Å². The average molecular weight is 320 g/mol. The summed E-state index contributed by atoms with van der Waals surface area (Å²) in [5.74, 6) is 0.823. The minimum atomic E-state index is 0.0403. The summed E-state index contributed by atoms with van der Waals surface area (Å²) in [6, 6.07) is 4.04. The summed E-state index contributed by atoms with van der Waals surface area (Å²) in [5.41, 5.74) is 1.04. The summed E-state index contributed by atoms with van der Waals surface area (Å²) < 4.78 is 6.86. The lowest BCUT2D eigenvalue weighted by Gasteiger charge is -2.10. The highest BCUT2D eigenvalue weighted by Gasteiger charge is 2.16. The summed E-state index contributed by atoms with van der Waals surface area (Å²) in [6.45, 7) is 3.07. The summed E-state index contributed by atoms with van der Waals surface area (Å²) in [4.78, 5) is 19.5. The van der Waals surface area contributed by atoms with Crippen molar-refractivity contribution in [1.82, 2.24) is 9.55 Å². The molecule has 0 saturated carbocycles. The van der Waals surface area contributed by atoms with E-state index in [1.165, 1.54) is 11.3 Å². The van der Waals surface area contributed by atoms with Gasteiger partial charge in [-0.3, -0.25) is 9.36 Å². The van der Waals surface area contributed by atoms with E-state index in [0.29, 0.717) is 13.2 Å². The second kappa shape index (κ2) is 6.09. The number of ether oxygens (including phenoxy) is 1. The Morgan fingerprint density at radius 3 is 2.90 bits per heavy atom. The fourth-order valence-electron chi connectivity index (χ4n) is 2.36. The predicted octanol–water partition coefficient (Wildman–Crippen LogP) is 3.40. The maximum absolute atomic E-state index is 12.9. The maximum Gasteiger partial charge on any atom is 0.263 e. The number of nitrogens with zero attached hydrogens (tertiary/aromatic N) is 2. The highest BCUT2D eigenvalue weighted by Crippen LogP contribution is 2.33. The standard InChI is InChI=1S/C15H16N2O2S2/c1-3-12-16-14-13(15(18)17(12)6-7-19-2)10(9-21-14)11-5-4-8-20-11/h4-5,8-9H,3,6-7H2,1-2H3. The monoisotopic (exact) mass is 320 g/mol. The minimum absolute atomic E-state index is 0.0403. The minimum Gasteiger partial charge on any atom is -0.383 e. The number of aromatic nitrogens is 2. The molecule has 4 nitrogen and oxygen atoms in total. The number of fused-ring (bicyclic) bond motifs is 1. The third-order valence-electron chi connectivity index (χ3n) is 3.39. The molecule has 3 heterocycles. The maximum atomic E-state index is 12.9. The summed E-state index contributed by atoms with van der Waals surface area (Å²) in [6.07, 6.45) is 0.737. The third-order valence-corrected chi connectivity index (χ3v) is 5.17. The van der Waals surface area contributed by atoms with Crippen LogP contribution in [0.1, 0.15) is 12.7 Å². The van der Waals surface area contributed by atoms with E-state index in [0.717, 1.165) is 32.9 Å². The van der Waals surface area contributed by atoms with Gasteiger partial charge in [0.05, 0.1) is 18.5 Å². The van der Waals surface area contributed by atoms with Crippen LogP contribution in [0.2, 0.25) is 0 Å². The van der Waals surface area contributed by atoms with Gasteiger partial charge in [0.25, 0.3) is 5.56 Å². The van der Waals surface area contributed by atoms with Crippen LogP contribution in [0.4, 0.5) is 0 Å². The molecule has 6 heteroatoms. The van der Waals surface area contributed by atoms with Gasteiger partial charge in [-0.2, -0.15) is 0 Å². The largest absolute Gasteiger partial charge is 0.383 e. The Morgan fingerprint density at radius 2 is 2.24 bits per heavy atom. The number of aryl methyl sites for hydroxylation is 1. The van der Waals surface area contributed by atoms with Gasteiger partial charge in [-0.15, -0.1) is 22.7 Å². The molecule has 0 spiro atoms. The Morgan fingerprint density at radius 1 is 1.38 bits per heavy atom. The Hall–Kier alpha value is -1.50. The molecule has 0 aliphatic rings. The van der Waals surface area contributed by atoms with Crippen molar-refractivity contribution in [3.8, 4) is 10.4 Å². The Balaban J connectivity index is 2.24. The van der Waals surface area contributed by atoms with E-state index < -0.39 is 0 Å². The van der Waals surface area contributed by atoms with E-state index in [1.54, 1.807) is 23.0 Å². The smallest absolute Gasteiger partial charge is 0.263 e. The first kappa shape index (κ1) is 14.4. The molecule has 21 heavy (non-hydrogen) atoms. The molecule has 0 amide bonds. The molecule has 0 unspecified atom stereocenters. The highest BCUT2D eigenvalue weighted by atomic mass is 32.1. The molecule has 0 fully saturated rings. The number of thiophene rings is 2. The van der Waals surface area contributed by atoms with Gasteiger partial charge in [-0.1, -0.05) is 13.0 Å². The molecule has 3 rings (SSSR count). The van der Waals surface area contributed by atoms with Crippen molar-refractivity contribution in [3.63, 3.8) is 0 Å². The molecule has 0 aromatic carbocycles. The van der Waals surface area contributed by atoms with E-state index in [9.17, 15) is 4.79 Å². The van der Waals surface area contributed by atoms with Crippen molar-refractivity contribution in [1.29, 1.82) is 0 Å². The Bertz CT molecular complexity index is 803. The van der Waals surface area contributed by atoms with Crippen LogP contribution in [0.25, 0.3) is 20.7 Å². The molecule has 3 aromatic rings. The van der Waals surface area contributed by atoms with Crippen molar-refractivity contribution >= 4 is 32.9 Å². The van der Waals surface area contributed by atoms with Crippen LogP contribution >= 0.6 is 22.7 Å². The van der Waals surface area contributed by atoms with Crippen LogP contribution in [0, 0.1) is 0 Å².